The number of nitrogens with zero attached hydrogens (tertiary/aromatic N) is 2. The molecule has 7 heteroatoms. The first kappa shape index (κ1) is 13.2. The molecule has 2 rings (SSSR count). The molecular weight excluding hydrogens is 253 g/mol. The summed E-state index contributed by atoms with van der Waals surface area (Å²) in [5, 5.41) is 11.1. The molecule has 0 aliphatic heterocycles. The standard InChI is InChI=1S/C12H12FN3O3/c13-9-7-10(16(17)18)8-3-1-5-15-11(8)12(9)19-6-2-4-14/h1,3,5,7H,2,4,6,14H2. The summed E-state index contributed by atoms with van der Waals surface area (Å²) in [5.74, 6) is -0.871. The first-order chi connectivity index (χ1) is 9.15. The highest BCUT2D eigenvalue weighted by Crippen LogP contribution is 2.34. The lowest BCUT2D eigenvalue weighted by atomic mass is 10.1. The number of nitro benzene ring substituents is 1. The number of fused-ring (bicyclic) bond motifs is 1. The van der Waals surface area contributed by atoms with Crippen LogP contribution >= 0.6 is 0 Å². The quantitative estimate of drug-likeness (QED) is 0.507. The highest BCUT2D eigenvalue weighted by Gasteiger charge is 2.20. The largest absolute Gasteiger partial charge is 0.488 e. The maximum absolute atomic E-state index is 13.9. The molecule has 0 saturated heterocycles. The van der Waals surface area contributed by atoms with Crippen LogP contribution in [0.3, 0.4) is 0 Å². The van der Waals surface area contributed by atoms with E-state index in [4.69, 9.17) is 10.5 Å². The van der Waals surface area contributed by atoms with Crippen molar-refractivity contribution in [2.45, 2.75) is 6.42 Å². The normalized spacial score (nSPS) is 10.6. The number of rotatable bonds is 5. The zero-order chi connectivity index (χ0) is 13.8. The lowest BCUT2D eigenvalue weighted by molar-refractivity contribution is -0.383. The predicted octanol–water partition coefficient (Wildman–Crippen LogP) is 2.01. The number of non-ortho nitro benzene ring substituents is 1. The summed E-state index contributed by atoms with van der Waals surface area (Å²) in [6.07, 6.45) is 1.99. The molecule has 1 aromatic carbocycles. The van der Waals surface area contributed by atoms with Crippen LogP contribution in [0.15, 0.2) is 24.4 Å². The molecule has 1 aromatic heterocycles. The van der Waals surface area contributed by atoms with E-state index in [1.807, 2.05) is 0 Å². The Bertz CT molecular complexity index is 618. The third-order valence-electron chi connectivity index (χ3n) is 2.57. The Balaban J connectivity index is 2.55. The average Bonchev–Trinajstić information content (AvgIpc) is 2.40. The van der Waals surface area contributed by atoms with Crippen LogP contribution in [-0.2, 0) is 0 Å². The van der Waals surface area contributed by atoms with Crippen molar-refractivity contribution in [3.63, 3.8) is 0 Å². The number of pyridine rings is 1. The van der Waals surface area contributed by atoms with E-state index in [-0.39, 0.29) is 28.9 Å². The maximum Gasteiger partial charge on any atom is 0.281 e. The first-order valence-corrected chi connectivity index (χ1v) is 5.69. The van der Waals surface area contributed by atoms with E-state index in [1.54, 1.807) is 6.07 Å². The molecule has 19 heavy (non-hydrogen) atoms. The summed E-state index contributed by atoms with van der Waals surface area (Å²) >= 11 is 0. The summed E-state index contributed by atoms with van der Waals surface area (Å²) in [6, 6.07) is 3.91. The molecule has 0 aliphatic rings. The van der Waals surface area contributed by atoms with Crippen LogP contribution in [0, 0.1) is 15.9 Å². The fraction of sp³-hybridized carbons (Fsp3) is 0.250. The van der Waals surface area contributed by atoms with E-state index in [1.165, 1.54) is 12.3 Å². The smallest absolute Gasteiger partial charge is 0.281 e. The number of ether oxygens (including phenoxy) is 1. The van der Waals surface area contributed by atoms with Gasteiger partial charge in [-0.1, -0.05) is 0 Å². The topological polar surface area (TPSA) is 91.3 Å². The Labute approximate surface area is 108 Å². The fourth-order valence-electron chi connectivity index (χ4n) is 1.72. The molecule has 6 nitrogen and oxygen atoms in total. The fourth-order valence-corrected chi connectivity index (χ4v) is 1.72. The van der Waals surface area contributed by atoms with Crippen molar-refractivity contribution in [1.29, 1.82) is 0 Å². The predicted molar refractivity (Wildman–Crippen MR) is 67.5 cm³/mol. The van der Waals surface area contributed by atoms with Gasteiger partial charge in [0.2, 0.25) is 0 Å². The lowest BCUT2D eigenvalue weighted by Crippen LogP contribution is -2.07. The van der Waals surface area contributed by atoms with Crippen molar-refractivity contribution in [3.8, 4) is 5.75 Å². The molecule has 0 atom stereocenters. The van der Waals surface area contributed by atoms with E-state index in [0.717, 1.165) is 6.07 Å². The van der Waals surface area contributed by atoms with Gasteiger partial charge in [-0.25, -0.2) is 4.39 Å². The Kier molecular flexibility index (Phi) is 3.86. The van der Waals surface area contributed by atoms with Gasteiger partial charge in [0, 0.05) is 6.20 Å². The van der Waals surface area contributed by atoms with Crippen molar-refractivity contribution in [3.05, 3.63) is 40.3 Å². The van der Waals surface area contributed by atoms with Gasteiger partial charge in [0.1, 0.15) is 5.52 Å². The Hall–Kier alpha value is -2.28. The lowest BCUT2D eigenvalue weighted by Gasteiger charge is -2.09. The van der Waals surface area contributed by atoms with E-state index in [2.05, 4.69) is 4.98 Å². The van der Waals surface area contributed by atoms with Crippen molar-refractivity contribution < 1.29 is 14.1 Å². The van der Waals surface area contributed by atoms with E-state index in [0.29, 0.717) is 13.0 Å². The zero-order valence-corrected chi connectivity index (χ0v) is 10.0. The summed E-state index contributed by atoms with van der Waals surface area (Å²) < 4.78 is 19.2. The Morgan fingerprint density at radius 1 is 1.53 bits per heavy atom. The van der Waals surface area contributed by atoms with Crippen LogP contribution in [-0.4, -0.2) is 23.1 Å². The second-order valence-electron chi connectivity index (χ2n) is 3.85. The van der Waals surface area contributed by atoms with Gasteiger partial charge in [0.15, 0.2) is 11.6 Å². The Morgan fingerprint density at radius 2 is 2.32 bits per heavy atom. The number of nitrogens with two attached hydrogens (primary N) is 1. The van der Waals surface area contributed by atoms with Gasteiger partial charge in [-0.15, -0.1) is 0 Å². The third-order valence-corrected chi connectivity index (χ3v) is 2.57. The first-order valence-electron chi connectivity index (χ1n) is 5.69. The van der Waals surface area contributed by atoms with Gasteiger partial charge in [0.05, 0.1) is 23.0 Å². The van der Waals surface area contributed by atoms with Gasteiger partial charge in [-0.3, -0.25) is 15.1 Å². The molecular formula is C12H12FN3O3. The molecule has 2 aromatic rings. The van der Waals surface area contributed by atoms with Crippen LogP contribution in [0.1, 0.15) is 6.42 Å². The highest BCUT2D eigenvalue weighted by atomic mass is 19.1. The SMILES string of the molecule is NCCCOc1c(F)cc([N+](=O)[O-])c2cccnc12. The van der Waals surface area contributed by atoms with Crippen molar-refractivity contribution in [2.75, 3.05) is 13.2 Å². The second-order valence-corrected chi connectivity index (χ2v) is 3.85. The molecule has 0 amide bonds. The molecule has 0 aliphatic carbocycles. The molecule has 0 radical (unpaired) electrons. The number of hydrogen-bond donors (Lipinski definition) is 1. The van der Waals surface area contributed by atoms with Crippen LogP contribution in [0.2, 0.25) is 0 Å². The number of hydrogen-bond acceptors (Lipinski definition) is 5. The van der Waals surface area contributed by atoms with Gasteiger partial charge >= 0.3 is 0 Å². The number of benzene rings is 1. The van der Waals surface area contributed by atoms with Gasteiger partial charge in [-0.05, 0) is 25.1 Å². The van der Waals surface area contributed by atoms with Crippen molar-refractivity contribution >= 4 is 16.6 Å². The molecule has 0 saturated carbocycles. The molecule has 0 fully saturated rings. The summed E-state index contributed by atoms with van der Waals surface area (Å²) in [4.78, 5) is 14.2. The van der Waals surface area contributed by atoms with Crippen LogP contribution < -0.4 is 10.5 Å². The molecule has 0 spiro atoms. The summed E-state index contributed by atoms with van der Waals surface area (Å²) in [5.41, 5.74) is 5.15. The summed E-state index contributed by atoms with van der Waals surface area (Å²) in [6.45, 7) is 0.650. The third kappa shape index (κ3) is 2.60. The van der Waals surface area contributed by atoms with Crippen molar-refractivity contribution in [2.24, 2.45) is 5.73 Å². The zero-order valence-electron chi connectivity index (χ0n) is 10.0. The molecule has 0 unspecified atom stereocenters. The van der Waals surface area contributed by atoms with E-state index in [9.17, 15) is 14.5 Å². The molecule has 1 heterocycles. The van der Waals surface area contributed by atoms with Gasteiger partial charge in [-0.2, -0.15) is 0 Å². The Morgan fingerprint density at radius 3 is 3.00 bits per heavy atom. The van der Waals surface area contributed by atoms with Gasteiger partial charge in [0.25, 0.3) is 5.69 Å². The maximum atomic E-state index is 13.9. The monoisotopic (exact) mass is 265 g/mol. The summed E-state index contributed by atoms with van der Waals surface area (Å²) in [7, 11) is 0. The second kappa shape index (κ2) is 5.57. The van der Waals surface area contributed by atoms with Gasteiger partial charge < -0.3 is 10.5 Å². The van der Waals surface area contributed by atoms with Crippen LogP contribution in [0.25, 0.3) is 10.9 Å². The minimum absolute atomic E-state index is 0.0744. The highest BCUT2D eigenvalue weighted by molar-refractivity contribution is 5.92. The number of nitro groups is 1. The average molecular weight is 265 g/mol. The van der Waals surface area contributed by atoms with Crippen LogP contribution in [0.5, 0.6) is 5.75 Å². The van der Waals surface area contributed by atoms with Crippen LogP contribution in [0.4, 0.5) is 10.1 Å². The minimum atomic E-state index is -0.796. The minimum Gasteiger partial charge on any atom is -0.488 e. The molecule has 100 valence electrons. The number of aromatic nitrogens is 1. The van der Waals surface area contributed by atoms with E-state index >= 15 is 0 Å². The molecule has 0 bridgehead atoms. The van der Waals surface area contributed by atoms with Crippen molar-refractivity contribution in [1.82, 2.24) is 4.98 Å². The van der Waals surface area contributed by atoms with E-state index < -0.39 is 10.7 Å². The molecule has 2 N–H and O–H groups in total. The number of halogens is 1.